The molecule has 0 radical (unpaired) electrons. The van der Waals surface area contributed by atoms with Gasteiger partial charge in [0.2, 0.25) is 11.8 Å². The van der Waals surface area contributed by atoms with E-state index in [0.717, 1.165) is 11.1 Å². The molecule has 0 aliphatic rings. The van der Waals surface area contributed by atoms with Crippen LogP contribution < -0.4 is 10.6 Å². The molecule has 5 heteroatoms. The van der Waals surface area contributed by atoms with Gasteiger partial charge in [0.05, 0.1) is 6.42 Å². The lowest BCUT2D eigenvalue weighted by molar-refractivity contribution is -0.120. The Balaban J connectivity index is 1.68. The number of carbonyl (C=O) groups is 2. The van der Waals surface area contributed by atoms with Gasteiger partial charge in [-0.25, -0.2) is 4.98 Å². The molecule has 5 nitrogen and oxygen atoms in total. The van der Waals surface area contributed by atoms with E-state index in [1.54, 1.807) is 12.3 Å². The third-order valence-electron chi connectivity index (χ3n) is 3.06. The summed E-state index contributed by atoms with van der Waals surface area (Å²) in [5.41, 5.74) is 1.99. The summed E-state index contributed by atoms with van der Waals surface area (Å²) in [4.78, 5) is 27.6. The number of amides is 2. The first-order chi connectivity index (χ1) is 10.6. The van der Waals surface area contributed by atoms with Crippen molar-refractivity contribution in [1.29, 1.82) is 0 Å². The van der Waals surface area contributed by atoms with Gasteiger partial charge in [-0.05, 0) is 24.1 Å². The number of pyridine rings is 1. The van der Waals surface area contributed by atoms with Crippen molar-refractivity contribution in [2.24, 2.45) is 0 Å². The van der Waals surface area contributed by atoms with E-state index in [4.69, 9.17) is 0 Å². The minimum Gasteiger partial charge on any atom is -0.355 e. The van der Waals surface area contributed by atoms with Crippen LogP contribution in [-0.2, 0) is 16.0 Å². The van der Waals surface area contributed by atoms with E-state index in [1.807, 2.05) is 43.3 Å². The van der Waals surface area contributed by atoms with Crippen LogP contribution >= 0.6 is 0 Å². The number of nitrogens with one attached hydrogen (secondary N) is 2. The van der Waals surface area contributed by atoms with Crippen LogP contribution in [-0.4, -0.2) is 23.3 Å². The van der Waals surface area contributed by atoms with Crippen LogP contribution in [0.25, 0.3) is 0 Å². The van der Waals surface area contributed by atoms with Crippen molar-refractivity contribution in [3.63, 3.8) is 0 Å². The van der Waals surface area contributed by atoms with Gasteiger partial charge in [-0.15, -0.1) is 0 Å². The lowest BCUT2D eigenvalue weighted by Gasteiger charge is -2.06. The molecule has 2 amide bonds. The van der Waals surface area contributed by atoms with Crippen molar-refractivity contribution in [2.45, 2.75) is 19.8 Å². The number of anilines is 1. The highest BCUT2D eigenvalue weighted by atomic mass is 16.2. The molecule has 2 N–H and O–H groups in total. The monoisotopic (exact) mass is 297 g/mol. The zero-order valence-electron chi connectivity index (χ0n) is 12.5. The van der Waals surface area contributed by atoms with E-state index in [-0.39, 0.29) is 18.2 Å². The Bertz CT molecular complexity index is 624. The van der Waals surface area contributed by atoms with E-state index in [1.165, 1.54) is 0 Å². The van der Waals surface area contributed by atoms with Gasteiger partial charge in [-0.3, -0.25) is 9.59 Å². The minimum absolute atomic E-state index is 0.0903. The highest BCUT2D eigenvalue weighted by Gasteiger charge is 2.06. The predicted molar refractivity (Wildman–Crippen MR) is 85.4 cm³/mol. The van der Waals surface area contributed by atoms with Crippen molar-refractivity contribution >= 4 is 17.6 Å². The molecule has 2 aromatic rings. The topological polar surface area (TPSA) is 71.1 Å². The molecule has 22 heavy (non-hydrogen) atoms. The molecular weight excluding hydrogens is 278 g/mol. The molecule has 2 rings (SSSR count). The van der Waals surface area contributed by atoms with Gasteiger partial charge >= 0.3 is 0 Å². The van der Waals surface area contributed by atoms with E-state index in [0.29, 0.717) is 18.8 Å². The van der Waals surface area contributed by atoms with E-state index >= 15 is 0 Å². The summed E-state index contributed by atoms with van der Waals surface area (Å²) in [6.07, 6.45) is 2.23. The van der Waals surface area contributed by atoms with Gasteiger partial charge in [0.1, 0.15) is 5.82 Å². The maximum atomic E-state index is 11.7. The Labute approximate surface area is 129 Å². The first-order valence-electron chi connectivity index (χ1n) is 7.16. The summed E-state index contributed by atoms with van der Waals surface area (Å²) in [5, 5.41) is 5.43. The summed E-state index contributed by atoms with van der Waals surface area (Å²) in [6, 6.07) is 13.1. The second-order valence-electron chi connectivity index (χ2n) is 5.03. The Hall–Kier alpha value is -2.69. The standard InChI is InChI=1S/C17H19N3O2/c1-13-7-8-15(19-12-13)20-16(21)9-10-18-17(22)11-14-5-3-2-4-6-14/h2-8,12H,9-11H2,1H3,(H,18,22)(H,19,20,21). The molecule has 0 aliphatic heterocycles. The lowest BCUT2D eigenvalue weighted by Crippen LogP contribution is -2.29. The molecule has 0 bridgehead atoms. The largest absolute Gasteiger partial charge is 0.355 e. The number of carbonyl (C=O) groups excluding carboxylic acids is 2. The summed E-state index contributed by atoms with van der Waals surface area (Å²) >= 11 is 0. The van der Waals surface area contributed by atoms with E-state index in [9.17, 15) is 9.59 Å². The van der Waals surface area contributed by atoms with Crippen molar-refractivity contribution in [1.82, 2.24) is 10.3 Å². The second-order valence-corrected chi connectivity index (χ2v) is 5.03. The van der Waals surface area contributed by atoms with Crippen molar-refractivity contribution < 1.29 is 9.59 Å². The summed E-state index contributed by atoms with van der Waals surface area (Å²) < 4.78 is 0. The first kappa shape index (κ1) is 15.7. The van der Waals surface area contributed by atoms with Gasteiger partial charge in [-0.1, -0.05) is 36.4 Å². The van der Waals surface area contributed by atoms with E-state index in [2.05, 4.69) is 15.6 Å². The fourth-order valence-electron chi connectivity index (χ4n) is 1.91. The van der Waals surface area contributed by atoms with Gasteiger partial charge in [-0.2, -0.15) is 0 Å². The molecule has 1 heterocycles. The van der Waals surface area contributed by atoms with Crippen LogP contribution in [0.15, 0.2) is 48.7 Å². The number of aryl methyl sites for hydroxylation is 1. The molecule has 114 valence electrons. The second kappa shape index (κ2) is 7.93. The normalized spacial score (nSPS) is 10.0. The fourth-order valence-corrected chi connectivity index (χ4v) is 1.91. The average molecular weight is 297 g/mol. The molecule has 0 saturated heterocycles. The SMILES string of the molecule is Cc1ccc(NC(=O)CCNC(=O)Cc2ccccc2)nc1. The Morgan fingerprint density at radius 1 is 1.05 bits per heavy atom. The van der Waals surface area contributed by atoms with Crippen LogP contribution in [0.2, 0.25) is 0 Å². The van der Waals surface area contributed by atoms with Crippen LogP contribution in [0.5, 0.6) is 0 Å². The summed E-state index contributed by atoms with van der Waals surface area (Å²) in [7, 11) is 0. The molecule has 0 aliphatic carbocycles. The van der Waals surface area contributed by atoms with Gasteiger partial charge in [0.25, 0.3) is 0 Å². The number of benzene rings is 1. The van der Waals surface area contributed by atoms with Crippen LogP contribution in [0.1, 0.15) is 17.5 Å². The molecule has 1 aromatic carbocycles. The van der Waals surface area contributed by atoms with Crippen molar-refractivity contribution in [3.05, 3.63) is 59.8 Å². The molecule has 0 atom stereocenters. The fraction of sp³-hybridized carbons (Fsp3) is 0.235. The van der Waals surface area contributed by atoms with Crippen LogP contribution in [0.3, 0.4) is 0 Å². The van der Waals surface area contributed by atoms with Gasteiger partial charge in [0, 0.05) is 19.2 Å². The van der Waals surface area contributed by atoms with Gasteiger partial charge in [0.15, 0.2) is 0 Å². The van der Waals surface area contributed by atoms with Crippen LogP contribution in [0.4, 0.5) is 5.82 Å². The van der Waals surface area contributed by atoms with Crippen molar-refractivity contribution in [2.75, 3.05) is 11.9 Å². The molecule has 0 saturated carbocycles. The maximum Gasteiger partial charge on any atom is 0.227 e. The smallest absolute Gasteiger partial charge is 0.227 e. The first-order valence-corrected chi connectivity index (χ1v) is 7.16. The summed E-state index contributed by atoms with van der Waals surface area (Å²) in [5.74, 6) is 0.259. The number of rotatable bonds is 6. The Kier molecular flexibility index (Phi) is 5.65. The third-order valence-corrected chi connectivity index (χ3v) is 3.06. The quantitative estimate of drug-likeness (QED) is 0.857. The lowest BCUT2D eigenvalue weighted by atomic mass is 10.1. The molecule has 0 spiro atoms. The minimum atomic E-state index is -0.170. The van der Waals surface area contributed by atoms with Crippen molar-refractivity contribution in [3.8, 4) is 0 Å². The number of hydrogen-bond acceptors (Lipinski definition) is 3. The number of hydrogen-bond donors (Lipinski definition) is 2. The highest BCUT2D eigenvalue weighted by molar-refractivity contribution is 5.90. The zero-order chi connectivity index (χ0) is 15.8. The third kappa shape index (κ3) is 5.36. The van der Waals surface area contributed by atoms with Crippen LogP contribution in [0, 0.1) is 6.92 Å². The zero-order valence-corrected chi connectivity index (χ0v) is 12.5. The molecule has 0 fully saturated rings. The summed E-state index contributed by atoms with van der Waals surface area (Å²) in [6.45, 7) is 2.24. The molecular formula is C17H19N3O2. The average Bonchev–Trinajstić information content (AvgIpc) is 2.50. The highest BCUT2D eigenvalue weighted by Crippen LogP contribution is 2.04. The Morgan fingerprint density at radius 3 is 2.50 bits per heavy atom. The number of nitrogens with zero attached hydrogens (tertiary/aromatic N) is 1. The number of aromatic nitrogens is 1. The van der Waals surface area contributed by atoms with E-state index < -0.39 is 0 Å². The van der Waals surface area contributed by atoms with Gasteiger partial charge < -0.3 is 10.6 Å². The predicted octanol–water partition coefficient (Wildman–Crippen LogP) is 2.08. The maximum absolute atomic E-state index is 11.7. The molecule has 0 unspecified atom stereocenters. The molecule has 1 aromatic heterocycles. The Morgan fingerprint density at radius 2 is 1.82 bits per heavy atom.